The quantitative estimate of drug-likeness (QED) is 0.877. The van der Waals surface area contributed by atoms with Crippen molar-refractivity contribution in [2.45, 2.75) is 19.5 Å². The number of hydrogen-bond donors (Lipinski definition) is 1. The summed E-state index contributed by atoms with van der Waals surface area (Å²) >= 11 is 0. The molecule has 1 aliphatic heterocycles. The van der Waals surface area contributed by atoms with E-state index in [2.05, 4.69) is 17.1 Å². The van der Waals surface area contributed by atoms with Crippen LogP contribution < -0.4 is 10.1 Å². The highest BCUT2D eigenvalue weighted by Gasteiger charge is 2.21. The molecule has 1 atom stereocenters. The Morgan fingerprint density at radius 1 is 1.52 bits per heavy atom. The molecule has 0 radical (unpaired) electrons. The fourth-order valence-electron chi connectivity index (χ4n) is 2.55. The minimum absolute atomic E-state index is 0.159. The summed E-state index contributed by atoms with van der Waals surface area (Å²) in [6.07, 6.45) is 0. The van der Waals surface area contributed by atoms with Crippen molar-refractivity contribution in [3.8, 4) is 5.75 Å². The molecule has 1 N–H and O–H groups in total. The Kier molecular flexibility index (Phi) is 5.59. The third-order valence-corrected chi connectivity index (χ3v) is 3.96. The minimum atomic E-state index is 0.159. The van der Waals surface area contributed by atoms with Crippen molar-refractivity contribution in [2.75, 3.05) is 40.3 Å². The maximum Gasteiger partial charge on any atom is 0.236 e. The molecule has 1 heterocycles. The lowest BCUT2D eigenvalue weighted by Crippen LogP contribution is -2.52. The molecule has 0 bridgehead atoms. The summed E-state index contributed by atoms with van der Waals surface area (Å²) in [5, 5.41) is 3.34. The van der Waals surface area contributed by atoms with E-state index >= 15 is 0 Å². The van der Waals surface area contributed by atoms with Crippen LogP contribution >= 0.6 is 0 Å². The first-order chi connectivity index (χ1) is 10.1. The summed E-state index contributed by atoms with van der Waals surface area (Å²) in [4.78, 5) is 16.4. The lowest BCUT2D eigenvalue weighted by atomic mass is 10.2. The highest BCUT2D eigenvalue weighted by atomic mass is 16.5. The van der Waals surface area contributed by atoms with Crippen LogP contribution in [0.15, 0.2) is 24.3 Å². The number of hydrogen-bond acceptors (Lipinski definition) is 4. The SMILES string of the molecule is COc1cccc(CN(C)C(=O)CN2CCNC[C@@H]2C)c1. The molecule has 1 aromatic rings. The van der Waals surface area contributed by atoms with Crippen LogP contribution in [-0.4, -0.2) is 62.1 Å². The zero-order valence-electron chi connectivity index (χ0n) is 13.1. The number of likely N-dealkylation sites (N-methyl/N-ethyl adjacent to an activating group) is 1. The number of ether oxygens (including phenoxy) is 1. The van der Waals surface area contributed by atoms with Gasteiger partial charge >= 0.3 is 0 Å². The van der Waals surface area contributed by atoms with E-state index in [0.29, 0.717) is 19.1 Å². The maximum absolute atomic E-state index is 12.3. The third kappa shape index (κ3) is 4.44. The molecule has 0 spiro atoms. The van der Waals surface area contributed by atoms with Crippen LogP contribution in [0, 0.1) is 0 Å². The number of rotatable bonds is 5. The summed E-state index contributed by atoms with van der Waals surface area (Å²) in [5.74, 6) is 0.982. The van der Waals surface area contributed by atoms with Gasteiger partial charge in [-0.05, 0) is 24.6 Å². The van der Waals surface area contributed by atoms with Gasteiger partial charge in [0, 0.05) is 39.3 Å². The van der Waals surface area contributed by atoms with Gasteiger partial charge in [0.1, 0.15) is 5.75 Å². The molecule has 21 heavy (non-hydrogen) atoms. The van der Waals surface area contributed by atoms with Crippen molar-refractivity contribution in [1.82, 2.24) is 15.1 Å². The van der Waals surface area contributed by atoms with Crippen LogP contribution in [0.1, 0.15) is 12.5 Å². The van der Waals surface area contributed by atoms with E-state index in [1.807, 2.05) is 31.3 Å². The zero-order valence-corrected chi connectivity index (χ0v) is 13.1. The molecule has 116 valence electrons. The van der Waals surface area contributed by atoms with Crippen LogP contribution in [0.5, 0.6) is 5.75 Å². The van der Waals surface area contributed by atoms with E-state index in [4.69, 9.17) is 4.74 Å². The van der Waals surface area contributed by atoms with Crippen LogP contribution in [0.3, 0.4) is 0 Å². The van der Waals surface area contributed by atoms with Crippen LogP contribution in [0.2, 0.25) is 0 Å². The van der Waals surface area contributed by atoms with E-state index in [-0.39, 0.29) is 5.91 Å². The Morgan fingerprint density at radius 2 is 2.33 bits per heavy atom. The highest BCUT2D eigenvalue weighted by Crippen LogP contribution is 2.14. The van der Waals surface area contributed by atoms with Crippen molar-refractivity contribution < 1.29 is 9.53 Å². The zero-order chi connectivity index (χ0) is 15.2. The summed E-state index contributed by atoms with van der Waals surface area (Å²) in [7, 11) is 3.51. The van der Waals surface area contributed by atoms with Gasteiger partial charge in [-0.1, -0.05) is 12.1 Å². The van der Waals surface area contributed by atoms with E-state index in [1.54, 1.807) is 12.0 Å². The molecule has 5 heteroatoms. The van der Waals surface area contributed by atoms with Gasteiger partial charge < -0.3 is 15.0 Å². The smallest absolute Gasteiger partial charge is 0.236 e. The number of benzene rings is 1. The highest BCUT2D eigenvalue weighted by molar-refractivity contribution is 5.78. The van der Waals surface area contributed by atoms with Crippen LogP contribution in [-0.2, 0) is 11.3 Å². The molecular formula is C16H25N3O2. The predicted octanol–water partition coefficient (Wildman–Crippen LogP) is 0.947. The van der Waals surface area contributed by atoms with Crippen molar-refractivity contribution in [2.24, 2.45) is 0 Å². The lowest BCUT2D eigenvalue weighted by Gasteiger charge is -2.34. The summed E-state index contributed by atoms with van der Waals surface area (Å²) in [6.45, 7) is 6.09. The van der Waals surface area contributed by atoms with Gasteiger partial charge in [0.15, 0.2) is 0 Å². The Balaban J connectivity index is 1.89. The van der Waals surface area contributed by atoms with Gasteiger partial charge in [0.05, 0.1) is 13.7 Å². The van der Waals surface area contributed by atoms with Crippen molar-refractivity contribution in [3.63, 3.8) is 0 Å². The first-order valence-electron chi connectivity index (χ1n) is 7.42. The van der Waals surface area contributed by atoms with Crippen molar-refractivity contribution >= 4 is 5.91 Å². The molecule has 1 fully saturated rings. The molecular weight excluding hydrogens is 266 g/mol. The van der Waals surface area contributed by atoms with Crippen LogP contribution in [0.25, 0.3) is 0 Å². The molecule has 1 aromatic carbocycles. The lowest BCUT2D eigenvalue weighted by molar-refractivity contribution is -0.132. The summed E-state index contributed by atoms with van der Waals surface area (Å²) in [6, 6.07) is 8.25. The second-order valence-electron chi connectivity index (χ2n) is 5.62. The molecule has 1 aliphatic rings. The number of carbonyl (C=O) groups excluding carboxylic acids is 1. The number of nitrogens with zero attached hydrogens (tertiary/aromatic N) is 2. The second kappa shape index (κ2) is 7.43. The third-order valence-electron chi connectivity index (χ3n) is 3.96. The summed E-state index contributed by atoms with van der Waals surface area (Å²) < 4.78 is 5.21. The fourth-order valence-corrected chi connectivity index (χ4v) is 2.55. The Labute approximate surface area is 126 Å². The normalized spacial score (nSPS) is 19.3. The largest absolute Gasteiger partial charge is 0.497 e. The Morgan fingerprint density at radius 3 is 3.05 bits per heavy atom. The van der Waals surface area contributed by atoms with E-state index in [1.165, 1.54) is 0 Å². The number of nitrogens with one attached hydrogen (secondary N) is 1. The first kappa shape index (κ1) is 15.8. The Bertz CT molecular complexity index is 478. The number of amides is 1. The Hall–Kier alpha value is -1.59. The summed E-state index contributed by atoms with van der Waals surface area (Å²) in [5.41, 5.74) is 1.08. The molecule has 1 amide bonds. The van der Waals surface area contributed by atoms with Gasteiger partial charge in [-0.3, -0.25) is 9.69 Å². The van der Waals surface area contributed by atoms with Crippen molar-refractivity contribution in [3.05, 3.63) is 29.8 Å². The molecule has 2 rings (SSSR count). The molecule has 0 aliphatic carbocycles. The van der Waals surface area contributed by atoms with Gasteiger partial charge in [-0.2, -0.15) is 0 Å². The minimum Gasteiger partial charge on any atom is -0.497 e. The van der Waals surface area contributed by atoms with Gasteiger partial charge in [0.25, 0.3) is 0 Å². The molecule has 5 nitrogen and oxygen atoms in total. The first-order valence-corrected chi connectivity index (χ1v) is 7.42. The van der Waals surface area contributed by atoms with Crippen LogP contribution in [0.4, 0.5) is 0 Å². The topological polar surface area (TPSA) is 44.8 Å². The molecule has 1 saturated heterocycles. The standard InChI is InChI=1S/C16H25N3O2/c1-13-10-17-7-8-19(13)12-16(20)18(2)11-14-5-4-6-15(9-14)21-3/h4-6,9,13,17H,7-8,10-12H2,1-3H3/t13-/m0/s1. The van der Waals surface area contributed by atoms with Crippen molar-refractivity contribution in [1.29, 1.82) is 0 Å². The second-order valence-corrected chi connectivity index (χ2v) is 5.62. The van der Waals surface area contributed by atoms with E-state index in [0.717, 1.165) is 30.9 Å². The predicted molar refractivity (Wildman–Crippen MR) is 83.4 cm³/mol. The fraction of sp³-hybridized carbons (Fsp3) is 0.562. The molecule has 0 saturated carbocycles. The number of methoxy groups -OCH3 is 1. The number of piperazine rings is 1. The maximum atomic E-state index is 12.3. The monoisotopic (exact) mass is 291 g/mol. The van der Waals surface area contributed by atoms with Gasteiger partial charge in [0.2, 0.25) is 5.91 Å². The van der Waals surface area contributed by atoms with E-state index in [9.17, 15) is 4.79 Å². The van der Waals surface area contributed by atoms with Gasteiger partial charge in [-0.25, -0.2) is 0 Å². The number of carbonyl (C=O) groups is 1. The average molecular weight is 291 g/mol. The molecule has 0 aromatic heterocycles. The van der Waals surface area contributed by atoms with Gasteiger partial charge in [-0.15, -0.1) is 0 Å². The van der Waals surface area contributed by atoms with E-state index < -0.39 is 0 Å². The average Bonchev–Trinajstić information content (AvgIpc) is 2.49. The molecule has 0 unspecified atom stereocenters.